The van der Waals surface area contributed by atoms with Gasteiger partial charge in [0.2, 0.25) is 6.17 Å². The predicted octanol–water partition coefficient (Wildman–Crippen LogP) is 4.49. The molecule has 0 bridgehead atoms. The lowest BCUT2D eigenvalue weighted by Crippen LogP contribution is -2.42. The Bertz CT molecular complexity index is 1100. The van der Waals surface area contributed by atoms with Gasteiger partial charge in [0, 0.05) is 15.6 Å². The lowest BCUT2D eigenvalue weighted by Gasteiger charge is -2.13. The molecule has 1 aliphatic heterocycles. The number of alkyl carbamates (subject to hydrolysis) is 1. The monoisotopic (exact) mass is 463 g/mol. The van der Waals surface area contributed by atoms with Gasteiger partial charge in [-0.1, -0.05) is 76.6 Å². The largest absolute Gasteiger partial charge is 0.445 e. The van der Waals surface area contributed by atoms with E-state index >= 15 is 0 Å². The summed E-state index contributed by atoms with van der Waals surface area (Å²) in [6, 6.07) is 24.3. The standard InChI is InChI=1S/C23H18BrN3O3/c24-17-12-10-16(11-13-17)20-18-8-4-5-9-19(18)25-22(28)21(26-20)27-23(29)30-14-15-6-2-1-3-7-15/h1-13,21H,14H2,(H,25,28)(H,27,29). The van der Waals surface area contributed by atoms with Gasteiger partial charge in [0.15, 0.2) is 0 Å². The van der Waals surface area contributed by atoms with Gasteiger partial charge in [-0.15, -0.1) is 0 Å². The Kier molecular flexibility index (Phi) is 5.90. The number of hydrogen-bond donors (Lipinski definition) is 2. The maximum Gasteiger partial charge on any atom is 0.409 e. The molecule has 1 aliphatic rings. The zero-order valence-corrected chi connectivity index (χ0v) is 17.4. The maximum atomic E-state index is 12.7. The molecule has 0 radical (unpaired) electrons. The van der Waals surface area contributed by atoms with E-state index in [1.54, 1.807) is 6.07 Å². The first-order valence-corrected chi connectivity index (χ1v) is 10.1. The second kappa shape index (κ2) is 8.92. The number of nitrogens with one attached hydrogen (secondary N) is 2. The van der Waals surface area contributed by atoms with Crippen molar-refractivity contribution >= 4 is 39.3 Å². The number of hydrogen-bond acceptors (Lipinski definition) is 4. The van der Waals surface area contributed by atoms with Crippen LogP contribution in [0.4, 0.5) is 10.5 Å². The summed E-state index contributed by atoms with van der Waals surface area (Å²) in [4.78, 5) is 29.6. The molecule has 0 spiro atoms. The number of rotatable bonds is 4. The molecule has 3 aromatic rings. The molecule has 0 aromatic heterocycles. The Hall–Kier alpha value is -3.45. The summed E-state index contributed by atoms with van der Waals surface area (Å²) in [6.07, 6.45) is -1.84. The molecule has 3 aromatic carbocycles. The molecule has 0 fully saturated rings. The van der Waals surface area contributed by atoms with Crippen molar-refractivity contribution in [3.63, 3.8) is 0 Å². The van der Waals surface area contributed by atoms with Gasteiger partial charge < -0.3 is 10.1 Å². The van der Waals surface area contributed by atoms with Crippen molar-refractivity contribution in [1.82, 2.24) is 5.32 Å². The summed E-state index contributed by atoms with van der Waals surface area (Å²) in [5.74, 6) is -0.439. The fourth-order valence-corrected chi connectivity index (χ4v) is 3.33. The quantitative estimate of drug-likeness (QED) is 0.597. The minimum atomic E-state index is -1.13. The number of carbonyl (C=O) groups excluding carboxylic acids is 2. The third-order valence-corrected chi connectivity index (χ3v) is 5.06. The molecule has 1 heterocycles. The molecule has 0 aliphatic carbocycles. The second-order valence-corrected chi connectivity index (χ2v) is 7.54. The van der Waals surface area contributed by atoms with Crippen LogP contribution >= 0.6 is 15.9 Å². The zero-order chi connectivity index (χ0) is 20.9. The van der Waals surface area contributed by atoms with Gasteiger partial charge in [0.05, 0.1) is 11.4 Å². The Morgan fingerprint density at radius 1 is 1.00 bits per heavy atom. The van der Waals surface area contributed by atoms with Crippen molar-refractivity contribution in [2.24, 2.45) is 4.99 Å². The number of ether oxygens (including phenoxy) is 1. The fourth-order valence-electron chi connectivity index (χ4n) is 3.07. The topological polar surface area (TPSA) is 79.8 Å². The lowest BCUT2D eigenvalue weighted by atomic mass is 10.0. The van der Waals surface area contributed by atoms with Gasteiger partial charge >= 0.3 is 6.09 Å². The molecule has 2 N–H and O–H groups in total. The summed E-state index contributed by atoms with van der Waals surface area (Å²) in [5.41, 5.74) is 3.68. The van der Waals surface area contributed by atoms with Crippen molar-refractivity contribution in [2.45, 2.75) is 12.8 Å². The van der Waals surface area contributed by atoms with Gasteiger partial charge in [-0.3, -0.25) is 10.1 Å². The van der Waals surface area contributed by atoms with E-state index < -0.39 is 18.2 Å². The predicted molar refractivity (Wildman–Crippen MR) is 118 cm³/mol. The minimum absolute atomic E-state index is 0.102. The molecular weight excluding hydrogens is 446 g/mol. The Morgan fingerprint density at radius 3 is 2.47 bits per heavy atom. The van der Waals surface area contributed by atoms with E-state index in [0.717, 1.165) is 21.2 Å². The molecule has 4 rings (SSSR count). The Balaban J connectivity index is 1.59. The number of benzene rings is 3. The summed E-state index contributed by atoms with van der Waals surface area (Å²) in [7, 11) is 0. The highest BCUT2D eigenvalue weighted by atomic mass is 79.9. The molecule has 0 saturated carbocycles. The summed E-state index contributed by atoms with van der Waals surface area (Å²) in [5, 5.41) is 5.38. The molecule has 30 heavy (non-hydrogen) atoms. The average Bonchev–Trinajstić information content (AvgIpc) is 2.90. The minimum Gasteiger partial charge on any atom is -0.445 e. The van der Waals surface area contributed by atoms with Crippen LogP contribution in [0.1, 0.15) is 16.7 Å². The summed E-state index contributed by atoms with van der Waals surface area (Å²) in [6.45, 7) is 0.102. The Morgan fingerprint density at radius 2 is 1.70 bits per heavy atom. The molecule has 0 saturated heterocycles. The molecule has 150 valence electrons. The number of carbonyl (C=O) groups is 2. The van der Waals surface area contributed by atoms with E-state index in [0.29, 0.717) is 11.4 Å². The fraction of sp³-hybridized carbons (Fsp3) is 0.0870. The SMILES string of the molecule is O=C(NC1N=C(c2ccc(Br)cc2)c2ccccc2NC1=O)OCc1ccccc1. The van der Waals surface area contributed by atoms with Gasteiger partial charge in [-0.2, -0.15) is 0 Å². The third-order valence-electron chi connectivity index (χ3n) is 4.53. The van der Waals surface area contributed by atoms with E-state index in [4.69, 9.17) is 4.74 Å². The van der Waals surface area contributed by atoms with Crippen LogP contribution in [-0.4, -0.2) is 23.9 Å². The molecule has 1 atom stereocenters. The second-order valence-electron chi connectivity index (χ2n) is 6.63. The number of fused-ring (bicyclic) bond motifs is 1. The normalized spacial score (nSPS) is 15.3. The number of amides is 2. The number of anilines is 1. The van der Waals surface area contributed by atoms with Crippen molar-refractivity contribution in [3.05, 3.63) is 100 Å². The Labute approximate surface area is 182 Å². The van der Waals surface area contributed by atoms with Crippen molar-refractivity contribution in [2.75, 3.05) is 5.32 Å². The van der Waals surface area contributed by atoms with Crippen LogP contribution < -0.4 is 10.6 Å². The average molecular weight is 464 g/mol. The van der Waals surface area contributed by atoms with Gasteiger partial charge in [-0.05, 0) is 23.8 Å². The smallest absolute Gasteiger partial charge is 0.409 e. The highest BCUT2D eigenvalue weighted by molar-refractivity contribution is 9.10. The van der Waals surface area contributed by atoms with E-state index in [-0.39, 0.29) is 6.61 Å². The van der Waals surface area contributed by atoms with Crippen LogP contribution in [0.5, 0.6) is 0 Å². The van der Waals surface area contributed by atoms with E-state index in [1.807, 2.05) is 72.8 Å². The number of para-hydroxylation sites is 1. The van der Waals surface area contributed by atoms with Crippen LogP contribution in [-0.2, 0) is 16.1 Å². The summed E-state index contributed by atoms with van der Waals surface area (Å²) >= 11 is 3.43. The first-order chi connectivity index (χ1) is 14.6. The van der Waals surface area contributed by atoms with Crippen molar-refractivity contribution in [3.8, 4) is 0 Å². The highest BCUT2D eigenvalue weighted by Gasteiger charge is 2.27. The zero-order valence-electron chi connectivity index (χ0n) is 15.8. The van der Waals surface area contributed by atoms with Crippen molar-refractivity contribution in [1.29, 1.82) is 0 Å². The van der Waals surface area contributed by atoms with E-state index in [9.17, 15) is 9.59 Å². The number of nitrogens with zero attached hydrogens (tertiary/aromatic N) is 1. The molecule has 6 nitrogen and oxygen atoms in total. The lowest BCUT2D eigenvalue weighted by molar-refractivity contribution is -0.117. The number of aliphatic imine (C=N–C) groups is 1. The molecule has 1 unspecified atom stereocenters. The van der Waals surface area contributed by atoms with Crippen LogP contribution in [0.3, 0.4) is 0 Å². The van der Waals surface area contributed by atoms with Crippen LogP contribution in [0.2, 0.25) is 0 Å². The van der Waals surface area contributed by atoms with Crippen molar-refractivity contribution < 1.29 is 14.3 Å². The van der Waals surface area contributed by atoms with Crippen LogP contribution in [0.15, 0.2) is 88.3 Å². The van der Waals surface area contributed by atoms with E-state index in [1.165, 1.54) is 0 Å². The third kappa shape index (κ3) is 4.58. The van der Waals surface area contributed by atoms with Crippen LogP contribution in [0, 0.1) is 0 Å². The molecule has 7 heteroatoms. The summed E-state index contributed by atoms with van der Waals surface area (Å²) < 4.78 is 6.18. The number of halogens is 1. The first kappa shape index (κ1) is 19.8. The van der Waals surface area contributed by atoms with Gasteiger partial charge in [0.25, 0.3) is 5.91 Å². The van der Waals surface area contributed by atoms with Gasteiger partial charge in [0.1, 0.15) is 6.61 Å². The molecule has 2 amide bonds. The maximum absolute atomic E-state index is 12.7. The number of benzodiazepines with no additional fused rings is 1. The first-order valence-electron chi connectivity index (χ1n) is 9.31. The van der Waals surface area contributed by atoms with E-state index in [2.05, 4.69) is 31.6 Å². The van der Waals surface area contributed by atoms with Gasteiger partial charge in [-0.25, -0.2) is 9.79 Å². The highest BCUT2D eigenvalue weighted by Crippen LogP contribution is 2.24. The molecular formula is C23H18BrN3O3. The van der Waals surface area contributed by atoms with Crippen LogP contribution in [0.25, 0.3) is 0 Å².